The molecule has 8 nitrogen and oxygen atoms in total. The standard InChI is InChI=1S/C18H23N5O3S/c1-12(2)10-16-20-21-18(27-16)19-17(24)13-6-7-14(15(11-13)23(25)26)22-8-4-3-5-9-22/h6-7,11-12H,3-5,8-10H2,1-2H3,(H,19,21,24). The number of aromatic nitrogens is 2. The summed E-state index contributed by atoms with van der Waals surface area (Å²) in [5.74, 6) is 0.0297. The first kappa shape index (κ1) is 19.2. The smallest absolute Gasteiger partial charge is 0.293 e. The van der Waals surface area contributed by atoms with Gasteiger partial charge in [0.1, 0.15) is 10.7 Å². The van der Waals surface area contributed by atoms with Crippen molar-refractivity contribution in [3.63, 3.8) is 0 Å². The molecule has 0 aliphatic carbocycles. The van der Waals surface area contributed by atoms with Crippen LogP contribution in [0.5, 0.6) is 0 Å². The molecule has 1 aliphatic rings. The Balaban J connectivity index is 1.77. The minimum atomic E-state index is -0.424. The van der Waals surface area contributed by atoms with Gasteiger partial charge in [-0.25, -0.2) is 0 Å². The Bertz CT molecular complexity index is 830. The quantitative estimate of drug-likeness (QED) is 0.594. The fraction of sp³-hybridized carbons (Fsp3) is 0.500. The number of nitrogens with zero attached hydrogens (tertiary/aromatic N) is 4. The van der Waals surface area contributed by atoms with E-state index in [4.69, 9.17) is 0 Å². The topological polar surface area (TPSA) is 101 Å². The van der Waals surface area contributed by atoms with Gasteiger partial charge in [0, 0.05) is 31.1 Å². The molecule has 0 atom stereocenters. The Morgan fingerprint density at radius 3 is 2.70 bits per heavy atom. The monoisotopic (exact) mass is 389 g/mol. The van der Waals surface area contributed by atoms with E-state index < -0.39 is 10.8 Å². The van der Waals surface area contributed by atoms with Gasteiger partial charge in [0.15, 0.2) is 0 Å². The maximum atomic E-state index is 12.5. The van der Waals surface area contributed by atoms with Crippen LogP contribution in [0.4, 0.5) is 16.5 Å². The molecule has 1 amide bonds. The van der Waals surface area contributed by atoms with E-state index in [0.29, 0.717) is 16.7 Å². The molecule has 9 heteroatoms. The Morgan fingerprint density at radius 1 is 1.30 bits per heavy atom. The van der Waals surface area contributed by atoms with Crippen LogP contribution in [0.15, 0.2) is 18.2 Å². The zero-order valence-corrected chi connectivity index (χ0v) is 16.3. The van der Waals surface area contributed by atoms with Crippen molar-refractivity contribution in [3.05, 3.63) is 38.9 Å². The lowest BCUT2D eigenvalue weighted by Crippen LogP contribution is -2.30. The number of nitro groups is 1. The average Bonchev–Trinajstić information content (AvgIpc) is 3.07. The first-order chi connectivity index (χ1) is 12.9. The highest BCUT2D eigenvalue weighted by molar-refractivity contribution is 7.15. The molecule has 1 aromatic heterocycles. The molecule has 0 spiro atoms. The molecule has 144 valence electrons. The van der Waals surface area contributed by atoms with Crippen molar-refractivity contribution < 1.29 is 9.72 Å². The number of piperidine rings is 1. The van der Waals surface area contributed by atoms with Crippen LogP contribution in [0.25, 0.3) is 0 Å². The van der Waals surface area contributed by atoms with Crippen molar-refractivity contribution in [2.24, 2.45) is 5.92 Å². The van der Waals surface area contributed by atoms with Crippen molar-refractivity contribution in [1.29, 1.82) is 0 Å². The Labute approximate surface area is 161 Å². The second kappa shape index (κ2) is 8.43. The number of anilines is 2. The molecular formula is C18H23N5O3S. The van der Waals surface area contributed by atoms with Crippen molar-refractivity contribution in [2.45, 2.75) is 39.5 Å². The number of nitro benzene ring substituents is 1. The van der Waals surface area contributed by atoms with Gasteiger partial charge in [0.05, 0.1) is 4.92 Å². The number of rotatable bonds is 6. The number of amides is 1. The van der Waals surface area contributed by atoms with Crippen LogP contribution < -0.4 is 10.2 Å². The first-order valence-corrected chi connectivity index (χ1v) is 9.93. The summed E-state index contributed by atoms with van der Waals surface area (Å²) >= 11 is 1.32. The zero-order chi connectivity index (χ0) is 19.4. The highest BCUT2D eigenvalue weighted by Gasteiger charge is 2.23. The van der Waals surface area contributed by atoms with Gasteiger partial charge in [-0.15, -0.1) is 10.2 Å². The van der Waals surface area contributed by atoms with Gasteiger partial charge < -0.3 is 4.90 Å². The Hall–Kier alpha value is -2.55. The molecule has 27 heavy (non-hydrogen) atoms. The summed E-state index contributed by atoms with van der Waals surface area (Å²) in [5, 5.41) is 23.5. The summed E-state index contributed by atoms with van der Waals surface area (Å²) in [7, 11) is 0. The molecule has 1 saturated heterocycles. The molecule has 2 aromatic rings. The molecule has 0 radical (unpaired) electrons. The molecule has 1 aliphatic heterocycles. The summed E-state index contributed by atoms with van der Waals surface area (Å²) in [4.78, 5) is 25.6. The number of carbonyl (C=O) groups is 1. The molecule has 1 aromatic carbocycles. The molecule has 0 bridgehead atoms. The number of nitrogens with one attached hydrogen (secondary N) is 1. The number of carbonyl (C=O) groups excluding carboxylic acids is 1. The third kappa shape index (κ3) is 4.79. The molecule has 1 fully saturated rings. The van der Waals surface area contributed by atoms with Gasteiger partial charge in [-0.05, 0) is 37.3 Å². The number of hydrogen-bond acceptors (Lipinski definition) is 7. The summed E-state index contributed by atoms with van der Waals surface area (Å²) in [6.45, 7) is 5.77. The van der Waals surface area contributed by atoms with Gasteiger partial charge in [-0.3, -0.25) is 20.2 Å². The van der Waals surface area contributed by atoms with Crippen LogP contribution in [0.1, 0.15) is 48.5 Å². The predicted molar refractivity (Wildman–Crippen MR) is 106 cm³/mol. The average molecular weight is 389 g/mol. The van der Waals surface area contributed by atoms with Crippen LogP contribution in [0.3, 0.4) is 0 Å². The summed E-state index contributed by atoms with van der Waals surface area (Å²) < 4.78 is 0. The van der Waals surface area contributed by atoms with Gasteiger partial charge in [0.2, 0.25) is 5.13 Å². The van der Waals surface area contributed by atoms with E-state index in [1.165, 1.54) is 17.4 Å². The van der Waals surface area contributed by atoms with E-state index in [-0.39, 0.29) is 11.3 Å². The number of hydrogen-bond donors (Lipinski definition) is 1. The van der Waals surface area contributed by atoms with Crippen LogP contribution >= 0.6 is 11.3 Å². The van der Waals surface area contributed by atoms with E-state index in [9.17, 15) is 14.9 Å². The fourth-order valence-corrected chi connectivity index (χ4v) is 4.07. The second-order valence-corrected chi connectivity index (χ2v) is 8.12. The maximum Gasteiger partial charge on any atom is 0.293 e. The molecule has 2 heterocycles. The van der Waals surface area contributed by atoms with Crippen molar-refractivity contribution >= 4 is 33.8 Å². The van der Waals surface area contributed by atoms with E-state index in [1.54, 1.807) is 12.1 Å². The summed E-state index contributed by atoms with van der Waals surface area (Å²) in [6, 6.07) is 4.64. The van der Waals surface area contributed by atoms with E-state index in [0.717, 1.165) is 43.8 Å². The lowest BCUT2D eigenvalue weighted by molar-refractivity contribution is -0.384. The molecule has 0 saturated carbocycles. The molecule has 3 rings (SSSR count). The second-order valence-electron chi connectivity index (χ2n) is 7.06. The number of benzene rings is 1. The lowest BCUT2D eigenvalue weighted by atomic mass is 10.1. The normalized spacial score (nSPS) is 14.4. The summed E-state index contributed by atoms with van der Waals surface area (Å²) in [6.07, 6.45) is 3.99. The largest absolute Gasteiger partial charge is 0.366 e. The maximum absolute atomic E-state index is 12.5. The van der Waals surface area contributed by atoms with E-state index >= 15 is 0 Å². The van der Waals surface area contributed by atoms with E-state index in [2.05, 4.69) is 29.4 Å². The fourth-order valence-electron chi connectivity index (χ4n) is 3.12. The van der Waals surface area contributed by atoms with Crippen molar-refractivity contribution in [2.75, 3.05) is 23.3 Å². The van der Waals surface area contributed by atoms with Crippen LogP contribution in [-0.4, -0.2) is 34.1 Å². The minimum absolute atomic E-state index is 0.0395. The Kier molecular flexibility index (Phi) is 6.00. The Morgan fingerprint density at radius 2 is 2.04 bits per heavy atom. The molecule has 0 unspecified atom stereocenters. The van der Waals surface area contributed by atoms with Gasteiger partial charge in [-0.1, -0.05) is 25.2 Å². The third-order valence-electron chi connectivity index (χ3n) is 4.40. The summed E-state index contributed by atoms with van der Waals surface area (Å²) in [5.41, 5.74) is 0.775. The van der Waals surface area contributed by atoms with Crippen molar-refractivity contribution in [1.82, 2.24) is 10.2 Å². The minimum Gasteiger partial charge on any atom is -0.366 e. The first-order valence-electron chi connectivity index (χ1n) is 9.11. The van der Waals surface area contributed by atoms with Crippen LogP contribution in [0.2, 0.25) is 0 Å². The van der Waals surface area contributed by atoms with E-state index in [1.807, 2.05) is 4.90 Å². The predicted octanol–water partition coefficient (Wildman–Crippen LogP) is 3.89. The van der Waals surface area contributed by atoms with Crippen molar-refractivity contribution in [3.8, 4) is 0 Å². The lowest BCUT2D eigenvalue weighted by Gasteiger charge is -2.28. The highest BCUT2D eigenvalue weighted by Crippen LogP contribution is 2.31. The SMILES string of the molecule is CC(C)Cc1nnc(NC(=O)c2ccc(N3CCCCC3)c([N+](=O)[O-])c2)s1. The highest BCUT2D eigenvalue weighted by atomic mass is 32.1. The molecular weight excluding hydrogens is 366 g/mol. The van der Waals surface area contributed by atoms with Crippen LogP contribution in [-0.2, 0) is 6.42 Å². The van der Waals surface area contributed by atoms with Gasteiger partial charge in [-0.2, -0.15) is 0 Å². The molecule has 1 N–H and O–H groups in total. The third-order valence-corrected chi connectivity index (χ3v) is 5.26. The van der Waals surface area contributed by atoms with Gasteiger partial charge in [0.25, 0.3) is 11.6 Å². The zero-order valence-electron chi connectivity index (χ0n) is 15.5. The van der Waals surface area contributed by atoms with Gasteiger partial charge >= 0.3 is 0 Å². The van der Waals surface area contributed by atoms with Crippen LogP contribution in [0, 0.1) is 16.0 Å².